The molecule has 1 atom stereocenters. The number of likely N-dealkylation sites (N-methyl/N-ethyl adjacent to an activating group) is 1. The summed E-state index contributed by atoms with van der Waals surface area (Å²) in [7, 11) is 3.76. The molecule has 0 N–H and O–H groups in total. The van der Waals surface area contributed by atoms with Crippen LogP contribution in [0.4, 0.5) is 4.39 Å². The summed E-state index contributed by atoms with van der Waals surface area (Å²) in [5, 5.41) is 0. The van der Waals surface area contributed by atoms with Crippen molar-refractivity contribution in [1.29, 1.82) is 0 Å². The number of hydrogen-bond acceptors (Lipinski definition) is 4. The summed E-state index contributed by atoms with van der Waals surface area (Å²) in [5.74, 6) is 2.24. The minimum Gasteiger partial charge on any atom is -0.341 e. The molecule has 1 amide bonds. The standard InChI is InChI=1S/C19H28FN3OS/c1-21(2)18(15-4-3-5-16(20)14-15)19(24)23-8-6-17(7-9-23)22-10-12-25-13-11-22/h3-5,14,17-18H,6-13H2,1-2H3. The van der Waals surface area contributed by atoms with Gasteiger partial charge in [0.05, 0.1) is 0 Å². The maximum atomic E-state index is 13.6. The van der Waals surface area contributed by atoms with Gasteiger partial charge in [-0.15, -0.1) is 0 Å². The molecule has 2 aliphatic heterocycles. The summed E-state index contributed by atoms with van der Waals surface area (Å²) in [4.78, 5) is 19.5. The summed E-state index contributed by atoms with van der Waals surface area (Å²) in [6.45, 7) is 3.94. The van der Waals surface area contributed by atoms with E-state index in [0.717, 1.165) is 31.5 Å². The molecule has 2 saturated heterocycles. The Morgan fingerprint density at radius 2 is 1.88 bits per heavy atom. The summed E-state index contributed by atoms with van der Waals surface area (Å²) in [5.41, 5.74) is 0.727. The molecule has 3 rings (SSSR count). The van der Waals surface area contributed by atoms with Gasteiger partial charge < -0.3 is 4.90 Å². The Labute approximate surface area is 154 Å². The van der Waals surface area contributed by atoms with Crippen LogP contribution >= 0.6 is 11.8 Å². The zero-order valence-electron chi connectivity index (χ0n) is 15.2. The van der Waals surface area contributed by atoms with Crippen molar-refractivity contribution in [3.8, 4) is 0 Å². The minimum atomic E-state index is -0.418. The molecule has 1 aromatic carbocycles. The number of thioether (sulfide) groups is 1. The van der Waals surface area contributed by atoms with Crippen LogP contribution in [0.5, 0.6) is 0 Å². The molecular formula is C19H28FN3OS. The van der Waals surface area contributed by atoms with Gasteiger partial charge in [0.2, 0.25) is 5.91 Å². The number of carbonyl (C=O) groups is 1. The van der Waals surface area contributed by atoms with Gasteiger partial charge in [0, 0.05) is 43.7 Å². The smallest absolute Gasteiger partial charge is 0.244 e. The number of benzene rings is 1. The van der Waals surface area contributed by atoms with E-state index in [9.17, 15) is 9.18 Å². The lowest BCUT2D eigenvalue weighted by Gasteiger charge is -2.41. The van der Waals surface area contributed by atoms with Crippen molar-refractivity contribution in [2.75, 3.05) is 51.8 Å². The monoisotopic (exact) mass is 365 g/mol. The number of halogens is 1. The van der Waals surface area contributed by atoms with Gasteiger partial charge in [-0.05, 0) is 44.6 Å². The first kappa shape index (κ1) is 18.7. The highest BCUT2D eigenvalue weighted by atomic mass is 32.2. The van der Waals surface area contributed by atoms with Crippen LogP contribution in [0.3, 0.4) is 0 Å². The number of piperidine rings is 1. The normalized spacial score (nSPS) is 21.5. The van der Waals surface area contributed by atoms with Crippen LogP contribution < -0.4 is 0 Å². The predicted molar refractivity (Wildman–Crippen MR) is 101 cm³/mol. The second kappa shape index (κ2) is 8.52. The fourth-order valence-electron chi connectivity index (χ4n) is 3.91. The largest absolute Gasteiger partial charge is 0.341 e. The van der Waals surface area contributed by atoms with Crippen LogP contribution in [0, 0.1) is 5.82 Å². The quantitative estimate of drug-likeness (QED) is 0.819. The molecule has 2 heterocycles. The summed E-state index contributed by atoms with van der Waals surface area (Å²) < 4.78 is 13.6. The summed E-state index contributed by atoms with van der Waals surface area (Å²) in [6, 6.07) is 6.60. The topological polar surface area (TPSA) is 26.8 Å². The van der Waals surface area contributed by atoms with Gasteiger partial charge >= 0.3 is 0 Å². The molecule has 4 nitrogen and oxygen atoms in total. The first-order valence-electron chi connectivity index (χ1n) is 9.09. The van der Waals surface area contributed by atoms with Gasteiger partial charge in [-0.25, -0.2) is 4.39 Å². The summed E-state index contributed by atoms with van der Waals surface area (Å²) >= 11 is 2.03. The van der Waals surface area contributed by atoms with Gasteiger partial charge in [0.1, 0.15) is 11.9 Å². The molecule has 0 aromatic heterocycles. The van der Waals surface area contributed by atoms with Crippen molar-refractivity contribution in [3.05, 3.63) is 35.6 Å². The van der Waals surface area contributed by atoms with Gasteiger partial charge in [-0.1, -0.05) is 12.1 Å². The van der Waals surface area contributed by atoms with Gasteiger partial charge in [-0.2, -0.15) is 11.8 Å². The third-order valence-corrected chi connectivity index (χ3v) is 6.20. The van der Waals surface area contributed by atoms with Crippen molar-refractivity contribution in [1.82, 2.24) is 14.7 Å². The molecule has 138 valence electrons. The zero-order chi connectivity index (χ0) is 17.8. The number of nitrogens with zero attached hydrogens (tertiary/aromatic N) is 3. The lowest BCUT2D eigenvalue weighted by molar-refractivity contribution is -0.138. The Morgan fingerprint density at radius 1 is 1.20 bits per heavy atom. The van der Waals surface area contributed by atoms with E-state index in [1.165, 1.54) is 36.7 Å². The first-order chi connectivity index (χ1) is 12.1. The molecule has 0 aliphatic carbocycles. The highest BCUT2D eigenvalue weighted by Gasteiger charge is 2.32. The van der Waals surface area contributed by atoms with Crippen LogP contribution in [0.15, 0.2) is 24.3 Å². The zero-order valence-corrected chi connectivity index (χ0v) is 16.0. The third kappa shape index (κ3) is 4.54. The average molecular weight is 366 g/mol. The van der Waals surface area contributed by atoms with E-state index in [-0.39, 0.29) is 11.7 Å². The Morgan fingerprint density at radius 3 is 2.48 bits per heavy atom. The molecule has 1 aromatic rings. The number of hydrogen-bond donors (Lipinski definition) is 0. The fraction of sp³-hybridized carbons (Fsp3) is 0.632. The number of carbonyl (C=O) groups excluding carboxylic acids is 1. The Kier molecular flexibility index (Phi) is 6.36. The predicted octanol–water partition coefficient (Wildman–Crippen LogP) is 2.47. The van der Waals surface area contributed by atoms with Crippen molar-refractivity contribution in [2.45, 2.75) is 24.9 Å². The van der Waals surface area contributed by atoms with Crippen molar-refractivity contribution in [2.24, 2.45) is 0 Å². The van der Waals surface area contributed by atoms with E-state index >= 15 is 0 Å². The van der Waals surface area contributed by atoms with Crippen LogP contribution in [-0.4, -0.2) is 78.4 Å². The van der Waals surface area contributed by atoms with E-state index < -0.39 is 6.04 Å². The van der Waals surface area contributed by atoms with Crippen molar-refractivity contribution < 1.29 is 9.18 Å². The highest BCUT2D eigenvalue weighted by Crippen LogP contribution is 2.26. The van der Waals surface area contributed by atoms with Crippen molar-refractivity contribution in [3.63, 3.8) is 0 Å². The fourth-order valence-corrected chi connectivity index (χ4v) is 4.84. The number of rotatable bonds is 4. The first-order valence-corrected chi connectivity index (χ1v) is 10.2. The molecule has 2 aliphatic rings. The molecule has 1 unspecified atom stereocenters. The molecule has 0 radical (unpaired) electrons. The molecule has 0 bridgehead atoms. The lowest BCUT2D eigenvalue weighted by Crippen LogP contribution is -2.50. The van der Waals surface area contributed by atoms with Gasteiger partial charge in [0.15, 0.2) is 0 Å². The van der Waals surface area contributed by atoms with E-state index in [0.29, 0.717) is 6.04 Å². The third-order valence-electron chi connectivity index (χ3n) is 5.25. The Balaban J connectivity index is 1.63. The molecular weight excluding hydrogens is 337 g/mol. The number of likely N-dealkylation sites (tertiary alicyclic amines) is 1. The second-order valence-electron chi connectivity index (χ2n) is 7.13. The van der Waals surface area contributed by atoms with Gasteiger partial charge in [0.25, 0.3) is 0 Å². The average Bonchev–Trinajstić information content (AvgIpc) is 2.62. The van der Waals surface area contributed by atoms with Gasteiger partial charge in [-0.3, -0.25) is 14.6 Å². The molecule has 6 heteroatoms. The van der Waals surface area contributed by atoms with E-state index in [2.05, 4.69) is 4.90 Å². The summed E-state index contributed by atoms with van der Waals surface area (Å²) in [6.07, 6.45) is 2.08. The van der Waals surface area contributed by atoms with E-state index in [4.69, 9.17) is 0 Å². The maximum Gasteiger partial charge on any atom is 0.244 e. The minimum absolute atomic E-state index is 0.0863. The molecule has 0 spiro atoms. The molecule has 0 saturated carbocycles. The number of amides is 1. The maximum absolute atomic E-state index is 13.6. The van der Waals surface area contributed by atoms with E-state index in [1.807, 2.05) is 41.7 Å². The molecule has 25 heavy (non-hydrogen) atoms. The SMILES string of the molecule is CN(C)C(C(=O)N1CCC(N2CCSCC2)CC1)c1cccc(F)c1. The Hall–Kier alpha value is -1.11. The van der Waals surface area contributed by atoms with Crippen molar-refractivity contribution >= 4 is 17.7 Å². The van der Waals surface area contributed by atoms with E-state index in [1.54, 1.807) is 6.07 Å². The van der Waals surface area contributed by atoms with Crippen LogP contribution in [0.25, 0.3) is 0 Å². The highest BCUT2D eigenvalue weighted by molar-refractivity contribution is 7.99. The Bertz CT molecular complexity index is 584. The lowest BCUT2D eigenvalue weighted by atomic mass is 9.99. The van der Waals surface area contributed by atoms with Crippen LogP contribution in [0.2, 0.25) is 0 Å². The molecule has 2 fully saturated rings. The second-order valence-corrected chi connectivity index (χ2v) is 8.35. The van der Waals surface area contributed by atoms with Crippen LogP contribution in [-0.2, 0) is 4.79 Å². The van der Waals surface area contributed by atoms with Crippen LogP contribution in [0.1, 0.15) is 24.4 Å².